The van der Waals surface area contributed by atoms with Crippen molar-refractivity contribution in [3.63, 3.8) is 0 Å². The molecule has 2 aromatic rings. The lowest BCUT2D eigenvalue weighted by Crippen LogP contribution is -2.56. The third kappa shape index (κ3) is 8.62. The lowest BCUT2D eigenvalue weighted by Gasteiger charge is -2.22. The number of nitrogens with one attached hydrogen (secondary N) is 3. The van der Waals surface area contributed by atoms with Crippen molar-refractivity contribution < 1.29 is 24.3 Å². The quantitative estimate of drug-likeness (QED) is 0.256. The highest BCUT2D eigenvalue weighted by atomic mass is 16.3. The minimum Gasteiger partial charge on any atom is -0.508 e. The van der Waals surface area contributed by atoms with Gasteiger partial charge in [-0.15, -0.1) is 0 Å². The van der Waals surface area contributed by atoms with E-state index in [9.17, 15) is 24.3 Å². The Morgan fingerprint density at radius 1 is 0.848 bits per heavy atom. The van der Waals surface area contributed by atoms with Crippen molar-refractivity contribution in [1.82, 2.24) is 16.0 Å². The zero-order chi connectivity index (χ0) is 24.4. The van der Waals surface area contributed by atoms with Gasteiger partial charge in [0.1, 0.15) is 17.8 Å². The molecule has 0 aliphatic rings. The fraction of sp³-hybridized carbons (Fsp3) is 0.304. The minimum absolute atomic E-state index is 0.104. The van der Waals surface area contributed by atoms with Crippen molar-refractivity contribution in [2.24, 2.45) is 11.5 Å². The van der Waals surface area contributed by atoms with E-state index in [-0.39, 0.29) is 25.1 Å². The number of rotatable bonds is 11. The summed E-state index contributed by atoms with van der Waals surface area (Å²) in [5.74, 6) is -2.31. The first-order chi connectivity index (χ1) is 15.7. The molecule has 0 radical (unpaired) electrons. The fourth-order valence-electron chi connectivity index (χ4n) is 3.02. The first-order valence-corrected chi connectivity index (χ1v) is 10.4. The molecule has 0 aliphatic carbocycles. The van der Waals surface area contributed by atoms with E-state index in [0.717, 1.165) is 11.1 Å². The van der Waals surface area contributed by atoms with E-state index >= 15 is 0 Å². The molecule has 10 nitrogen and oxygen atoms in total. The molecule has 0 saturated heterocycles. The summed E-state index contributed by atoms with van der Waals surface area (Å²) in [6.45, 7) is 1.11. The van der Waals surface area contributed by atoms with Crippen LogP contribution in [0, 0.1) is 0 Å². The molecule has 2 aromatic carbocycles. The van der Waals surface area contributed by atoms with E-state index in [4.69, 9.17) is 11.5 Å². The van der Waals surface area contributed by atoms with Crippen LogP contribution in [-0.4, -0.2) is 53.4 Å². The Morgan fingerprint density at radius 2 is 1.45 bits per heavy atom. The molecule has 2 unspecified atom stereocenters. The van der Waals surface area contributed by atoms with Crippen LogP contribution in [0.5, 0.6) is 5.75 Å². The maximum Gasteiger partial charge on any atom is 0.243 e. The zero-order valence-corrected chi connectivity index (χ0v) is 18.3. The van der Waals surface area contributed by atoms with Crippen molar-refractivity contribution in [3.8, 4) is 5.75 Å². The number of carbonyl (C=O) groups is 4. The van der Waals surface area contributed by atoms with Gasteiger partial charge in [-0.3, -0.25) is 19.2 Å². The summed E-state index contributed by atoms with van der Waals surface area (Å²) in [6.07, 6.45) is 0.394. The highest BCUT2D eigenvalue weighted by Gasteiger charge is 2.26. The van der Waals surface area contributed by atoms with Gasteiger partial charge in [-0.2, -0.15) is 0 Å². The number of hydrogen-bond donors (Lipinski definition) is 6. The molecule has 0 fully saturated rings. The summed E-state index contributed by atoms with van der Waals surface area (Å²) in [5.41, 5.74) is 12.6. The van der Waals surface area contributed by atoms with E-state index in [0.29, 0.717) is 0 Å². The second kappa shape index (κ2) is 12.2. The molecule has 33 heavy (non-hydrogen) atoms. The van der Waals surface area contributed by atoms with Crippen molar-refractivity contribution in [1.29, 1.82) is 0 Å². The maximum absolute atomic E-state index is 12.7. The van der Waals surface area contributed by atoms with E-state index < -0.39 is 41.8 Å². The second-order valence-electron chi connectivity index (χ2n) is 7.64. The van der Waals surface area contributed by atoms with E-state index in [1.165, 1.54) is 19.1 Å². The predicted octanol–water partition coefficient (Wildman–Crippen LogP) is -0.904. The molecule has 0 aromatic heterocycles. The summed E-state index contributed by atoms with van der Waals surface area (Å²) in [5, 5.41) is 16.9. The first-order valence-electron chi connectivity index (χ1n) is 10.4. The summed E-state index contributed by atoms with van der Waals surface area (Å²) in [6, 6.07) is 12.4. The molecule has 0 aliphatic heterocycles. The van der Waals surface area contributed by atoms with Crippen molar-refractivity contribution >= 4 is 23.6 Å². The SMILES string of the molecule is C[C@@H](NC(=O)C(N)Cc1ccc(O)cc1)C(=O)NC(Cc1ccccc1)C(=O)NCC(N)=O. The number of phenolic OH excluding ortho intramolecular Hbond substituents is 1. The van der Waals surface area contributed by atoms with Crippen LogP contribution in [0.4, 0.5) is 0 Å². The average Bonchev–Trinajstić information content (AvgIpc) is 2.78. The van der Waals surface area contributed by atoms with Crippen LogP contribution in [0.2, 0.25) is 0 Å². The second-order valence-corrected chi connectivity index (χ2v) is 7.64. The van der Waals surface area contributed by atoms with E-state index in [1.54, 1.807) is 36.4 Å². The van der Waals surface area contributed by atoms with Gasteiger partial charge in [0.05, 0.1) is 12.6 Å². The Kier molecular flexibility index (Phi) is 9.37. The van der Waals surface area contributed by atoms with Crippen LogP contribution >= 0.6 is 0 Å². The normalized spacial score (nSPS) is 13.3. The fourth-order valence-corrected chi connectivity index (χ4v) is 3.02. The van der Waals surface area contributed by atoms with Gasteiger partial charge >= 0.3 is 0 Å². The standard InChI is InChI=1S/C23H29N5O5/c1-14(27-22(32)18(24)11-16-7-9-17(29)10-8-16)21(31)28-19(23(33)26-13-20(25)30)12-15-5-3-2-4-6-15/h2-10,14,18-19,29H,11-13,24H2,1H3,(H2,25,30)(H,26,33)(H,27,32)(H,28,31)/t14-,18?,19?/m1/s1. The molecule has 3 atom stereocenters. The summed E-state index contributed by atoms with van der Waals surface area (Å²) >= 11 is 0. The third-order valence-electron chi connectivity index (χ3n) is 4.83. The van der Waals surface area contributed by atoms with E-state index in [1.807, 2.05) is 6.07 Å². The zero-order valence-electron chi connectivity index (χ0n) is 18.3. The summed E-state index contributed by atoms with van der Waals surface area (Å²) < 4.78 is 0. The van der Waals surface area contributed by atoms with Gasteiger partial charge in [-0.25, -0.2) is 0 Å². The van der Waals surface area contributed by atoms with Gasteiger partial charge in [0.25, 0.3) is 0 Å². The van der Waals surface area contributed by atoms with Crippen molar-refractivity contribution in [3.05, 3.63) is 65.7 Å². The Morgan fingerprint density at radius 3 is 2.06 bits per heavy atom. The Balaban J connectivity index is 1.97. The third-order valence-corrected chi connectivity index (χ3v) is 4.83. The number of primary amides is 1. The number of nitrogens with two attached hydrogens (primary N) is 2. The smallest absolute Gasteiger partial charge is 0.243 e. The molecule has 0 saturated carbocycles. The lowest BCUT2D eigenvalue weighted by atomic mass is 10.0. The van der Waals surface area contributed by atoms with Gasteiger partial charge < -0.3 is 32.5 Å². The Bertz CT molecular complexity index is 965. The first kappa shape index (κ1) is 25.3. The maximum atomic E-state index is 12.7. The molecule has 8 N–H and O–H groups in total. The predicted molar refractivity (Wildman–Crippen MR) is 122 cm³/mol. The minimum atomic E-state index is -0.982. The summed E-state index contributed by atoms with van der Waals surface area (Å²) in [4.78, 5) is 48.6. The molecular formula is C23H29N5O5. The molecule has 2 rings (SSSR count). The van der Waals surface area contributed by atoms with Crippen LogP contribution in [0.25, 0.3) is 0 Å². The number of aromatic hydroxyl groups is 1. The highest BCUT2D eigenvalue weighted by molar-refractivity contribution is 5.93. The van der Waals surface area contributed by atoms with Gasteiger partial charge in [0, 0.05) is 6.42 Å². The summed E-state index contributed by atoms with van der Waals surface area (Å²) in [7, 11) is 0. The largest absolute Gasteiger partial charge is 0.508 e. The van der Waals surface area contributed by atoms with Gasteiger partial charge in [-0.1, -0.05) is 42.5 Å². The van der Waals surface area contributed by atoms with E-state index in [2.05, 4.69) is 16.0 Å². The van der Waals surface area contributed by atoms with Crippen LogP contribution in [0.1, 0.15) is 18.1 Å². The molecule has 0 spiro atoms. The monoisotopic (exact) mass is 455 g/mol. The number of amides is 4. The van der Waals surface area contributed by atoms with Crippen molar-refractivity contribution in [2.45, 2.75) is 37.9 Å². The van der Waals surface area contributed by atoms with Gasteiger partial charge in [0.15, 0.2) is 0 Å². The van der Waals surface area contributed by atoms with Gasteiger partial charge in [-0.05, 0) is 36.6 Å². The molecule has 0 heterocycles. The number of hydrogen-bond acceptors (Lipinski definition) is 6. The van der Waals surface area contributed by atoms with Gasteiger partial charge in [0.2, 0.25) is 23.6 Å². The van der Waals surface area contributed by atoms with Crippen LogP contribution in [0.15, 0.2) is 54.6 Å². The average molecular weight is 456 g/mol. The Hall–Kier alpha value is -3.92. The topological polar surface area (TPSA) is 177 Å². The number of benzene rings is 2. The molecule has 176 valence electrons. The molecular weight excluding hydrogens is 426 g/mol. The van der Waals surface area contributed by atoms with Crippen LogP contribution in [0.3, 0.4) is 0 Å². The highest BCUT2D eigenvalue weighted by Crippen LogP contribution is 2.11. The van der Waals surface area contributed by atoms with Crippen LogP contribution < -0.4 is 27.4 Å². The molecule has 10 heteroatoms. The number of carbonyl (C=O) groups excluding carboxylic acids is 4. The molecule has 0 bridgehead atoms. The molecule has 4 amide bonds. The Labute approximate surface area is 191 Å². The van der Waals surface area contributed by atoms with Crippen LogP contribution in [-0.2, 0) is 32.0 Å². The van der Waals surface area contributed by atoms with Crippen molar-refractivity contribution in [2.75, 3.05) is 6.54 Å². The number of phenols is 1. The lowest BCUT2D eigenvalue weighted by molar-refractivity contribution is -0.132.